The molecule has 1 aromatic heterocycles. The number of para-hydroxylation sites is 1. The van der Waals surface area contributed by atoms with Gasteiger partial charge in [-0.25, -0.2) is 4.68 Å². The number of benzene rings is 2. The molecule has 11 nitrogen and oxygen atoms in total. The average Bonchev–Trinajstić information content (AvgIpc) is 3.85. The Kier molecular flexibility index (Phi) is 10.2. The van der Waals surface area contributed by atoms with Gasteiger partial charge >= 0.3 is 0 Å². The van der Waals surface area contributed by atoms with E-state index in [0.717, 1.165) is 23.9 Å². The zero-order valence-corrected chi connectivity index (χ0v) is 28.3. The van der Waals surface area contributed by atoms with Crippen molar-refractivity contribution in [1.29, 1.82) is 0 Å². The van der Waals surface area contributed by atoms with Gasteiger partial charge in [-0.2, -0.15) is 0 Å². The van der Waals surface area contributed by atoms with Gasteiger partial charge in [0, 0.05) is 37.2 Å². The van der Waals surface area contributed by atoms with Crippen molar-refractivity contribution < 1.29 is 24.2 Å². The standard InChI is InChI=1S/C36H44N6O5S/c1-4-20-39(24-42-28-13-9-8-12-27(28)37-38-42)35(46)32-36-19-18-29(48-36)30(31(36)34(45)41(32)22-10-7-11-23-43)33(44)40(21-5-2)25-14-16-26(17-15-25)47-6-3/h4-5,8-9,12-17,29-32,43H,1-2,6-7,10-11,18-24H2,3H3/t29-,30+,31-,32?,36?/m0/s1. The summed E-state index contributed by atoms with van der Waals surface area (Å²) in [6, 6.07) is 14.2. The summed E-state index contributed by atoms with van der Waals surface area (Å²) in [6.45, 7) is 11.4. The number of carbonyl (C=O) groups is 3. The first-order valence-electron chi connectivity index (χ1n) is 16.8. The van der Waals surface area contributed by atoms with Crippen LogP contribution < -0.4 is 9.64 Å². The fraction of sp³-hybridized carbons (Fsp3) is 0.472. The smallest absolute Gasteiger partial charge is 0.248 e. The van der Waals surface area contributed by atoms with Crippen LogP contribution in [0.5, 0.6) is 5.75 Å². The van der Waals surface area contributed by atoms with Gasteiger partial charge in [0.2, 0.25) is 17.7 Å². The lowest BCUT2D eigenvalue weighted by Crippen LogP contribution is -2.55. The zero-order chi connectivity index (χ0) is 33.8. The number of unbranched alkanes of at least 4 members (excludes halogenated alkanes) is 2. The number of fused-ring (bicyclic) bond motifs is 2. The van der Waals surface area contributed by atoms with E-state index in [1.165, 1.54) is 0 Å². The number of rotatable bonds is 16. The fourth-order valence-corrected chi connectivity index (χ4v) is 9.98. The van der Waals surface area contributed by atoms with E-state index in [4.69, 9.17) is 4.74 Å². The molecular formula is C36H44N6O5S. The molecule has 48 heavy (non-hydrogen) atoms. The minimum Gasteiger partial charge on any atom is -0.494 e. The van der Waals surface area contributed by atoms with Crippen molar-refractivity contribution in [2.75, 3.05) is 37.7 Å². The third-order valence-electron chi connectivity index (χ3n) is 9.80. The van der Waals surface area contributed by atoms with Crippen LogP contribution in [0.4, 0.5) is 5.69 Å². The van der Waals surface area contributed by atoms with E-state index in [-0.39, 0.29) is 42.8 Å². The minimum atomic E-state index is -0.745. The topological polar surface area (TPSA) is 121 Å². The van der Waals surface area contributed by atoms with Gasteiger partial charge in [0.15, 0.2) is 0 Å². The molecule has 254 valence electrons. The van der Waals surface area contributed by atoms with Crippen LogP contribution in [0.3, 0.4) is 0 Å². The van der Waals surface area contributed by atoms with Crippen LogP contribution >= 0.6 is 11.8 Å². The molecule has 2 unspecified atom stereocenters. The second-order valence-corrected chi connectivity index (χ2v) is 14.2. The molecule has 3 aliphatic heterocycles. The predicted molar refractivity (Wildman–Crippen MR) is 186 cm³/mol. The first-order valence-corrected chi connectivity index (χ1v) is 17.7. The van der Waals surface area contributed by atoms with Gasteiger partial charge in [-0.1, -0.05) is 29.5 Å². The maximum absolute atomic E-state index is 14.8. The summed E-state index contributed by atoms with van der Waals surface area (Å²) in [7, 11) is 0. The van der Waals surface area contributed by atoms with E-state index in [2.05, 4.69) is 23.5 Å². The number of hydrogen-bond donors (Lipinski definition) is 1. The summed E-state index contributed by atoms with van der Waals surface area (Å²) >= 11 is 1.66. The van der Waals surface area contributed by atoms with Gasteiger partial charge < -0.3 is 24.5 Å². The Balaban J connectivity index is 1.34. The molecule has 0 radical (unpaired) electrons. The molecular weight excluding hydrogens is 629 g/mol. The quantitative estimate of drug-likeness (QED) is 0.177. The lowest BCUT2D eigenvalue weighted by atomic mass is 9.70. The number of aliphatic hydroxyl groups is 1. The molecule has 0 saturated carbocycles. The number of carbonyl (C=O) groups excluding carboxylic acids is 3. The van der Waals surface area contributed by atoms with E-state index in [9.17, 15) is 19.5 Å². The van der Waals surface area contributed by atoms with Crippen molar-refractivity contribution in [2.45, 2.75) is 61.7 Å². The van der Waals surface area contributed by atoms with Gasteiger partial charge in [0.1, 0.15) is 24.0 Å². The molecule has 3 saturated heterocycles. The Bertz CT molecular complexity index is 1660. The van der Waals surface area contributed by atoms with Gasteiger partial charge in [-0.15, -0.1) is 30.0 Å². The van der Waals surface area contributed by atoms with Gasteiger partial charge in [-0.3, -0.25) is 14.4 Å². The first kappa shape index (κ1) is 33.7. The lowest BCUT2D eigenvalue weighted by molar-refractivity contribution is -0.143. The summed E-state index contributed by atoms with van der Waals surface area (Å²) in [5.41, 5.74) is 2.24. The predicted octanol–water partition coefficient (Wildman–Crippen LogP) is 4.28. The Morgan fingerprint density at radius 2 is 1.85 bits per heavy atom. The summed E-state index contributed by atoms with van der Waals surface area (Å²) in [6.07, 6.45) is 6.79. The molecule has 6 rings (SSSR count). The highest BCUT2D eigenvalue weighted by atomic mass is 32.2. The second kappa shape index (κ2) is 14.5. The van der Waals surface area contributed by atoms with Gasteiger partial charge in [0.05, 0.1) is 28.7 Å². The number of aliphatic hydroxyl groups excluding tert-OH is 1. The first-order chi connectivity index (χ1) is 23.4. The summed E-state index contributed by atoms with van der Waals surface area (Å²) in [5, 5.41) is 17.9. The number of thioether (sulfide) groups is 1. The van der Waals surface area contributed by atoms with Crippen molar-refractivity contribution in [3.8, 4) is 5.75 Å². The Labute approximate surface area is 285 Å². The van der Waals surface area contributed by atoms with Crippen LogP contribution in [-0.2, 0) is 21.1 Å². The van der Waals surface area contributed by atoms with Crippen molar-refractivity contribution >= 4 is 46.2 Å². The maximum atomic E-state index is 14.8. The molecule has 1 N–H and O–H groups in total. The highest BCUT2D eigenvalue weighted by Crippen LogP contribution is 2.66. The van der Waals surface area contributed by atoms with Crippen LogP contribution in [0.15, 0.2) is 73.8 Å². The number of hydrogen-bond acceptors (Lipinski definition) is 8. The SMILES string of the molecule is C=CCN(Cn1nnc2ccccc21)C(=O)C1N(CCCCCO)C(=O)[C@@H]2[C@H](C(=O)N(CC=C)c3ccc(OCC)cc3)[C@@H]3CCC12S3. The normalized spacial score (nSPS) is 24.1. The Hall–Kier alpha value is -4.16. The highest BCUT2D eigenvalue weighted by molar-refractivity contribution is 8.02. The number of aromatic nitrogens is 3. The Morgan fingerprint density at radius 3 is 2.58 bits per heavy atom. The lowest BCUT2D eigenvalue weighted by Gasteiger charge is -2.37. The fourth-order valence-electron chi connectivity index (χ4n) is 7.78. The molecule has 4 heterocycles. The number of ether oxygens (including phenoxy) is 1. The third-order valence-corrected chi connectivity index (χ3v) is 11.8. The summed E-state index contributed by atoms with van der Waals surface area (Å²) < 4.78 is 6.57. The largest absolute Gasteiger partial charge is 0.494 e. The van der Waals surface area contributed by atoms with Crippen molar-refractivity contribution in [1.82, 2.24) is 24.8 Å². The van der Waals surface area contributed by atoms with Crippen LogP contribution in [-0.4, -0.2) is 96.5 Å². The van der Waals surface area contributed by atoms with E-state index in [1.807, 2.05) is 55.5 Å². The average molecular weight is 673 g/mol. The van der Waals surface area contributed by atoms with E-state index < -0.39 is 22.6 Å². The summed E-state index contributed by atoms with van der Waals surface area (Å²) in [5.74, 6) is -0.930. The van der Waals surface area contributed by atoms with E-state index in [1.54, 1.807) is 43.3 Å². The van der Waals surface area contributed by atoms with Crippen molar-refractivity contribution in [3.05, 3.63) is 73.8 Å². The number of anilines is 1. The number of nitrogens with zero attached hydrogens (tertiary/aromatic N) is 6. The number of amides is 3. The van der Waals surface area contributed by atoms with Crippen LogP contribution in [0.1, 0.15) is 39.0 Å². The molecule has 3 aliphatic rings. The van der Waals surface area contributed by atoms with Crippen LogP contribution in [0.25, 0.3) is 11.0 Å². The van der Waals surface area contributed by atoms with Gasteiger partial charge in [0.25, 0.3) is 0 Å². The monoisotopic (exact) mass is 672 g/mol. The van der Waals surface area contributed by atoms with Crippen molar-refractivity contribution in [2.24, 2.45) is 11.8 Å². The molecule has 3 aromatic rings. The second-order valence-electron chi connectivity index (χ2n) is 12.6. The van der Waals surface area contributed by atoms with E-state index >= 15 is 0 Å². The highest BCUT2D eigenvalue weighted by Gasteiger charge is 2.74. The molecule has 5 atom stereocenters. The van der Waals surface area contributed by atoms with Crippen LogP contribution in [0.2, 0.25) is 0 Å². The molecule has 12 heteroatoms. The molecule has 2 bridgehead atoms. The molecule has 1 spiro atoms. The molecule has 2 aromatic carbocycles. The summed E-state index contributed by atoms with van der Waals surface area (Å²) in [4.78, 5) is 49.2. The van der Waals surface area contributed by atoms with Crippen molar-refractivity contribution in [3.63, 3.8) is 0 Å². The Morgan fingerprint density at radius 1 is 1.08 bits per heavy atom. The minimum absolute atomic E-state index is 0.0701. The molecule has 0 aliphatic carbocycles. The van der Waals surface area contributed by atoms with E-state index in [0.29, 0.717) is 50.4 Å². The van der Waals surface area contributed by atoms with Gasteiger partial charge in [-0.05, 0) is 75.4 Å². The number of likely N-dealkylation sites (tertiary alicyclic amines) is 1. The van der Waals surface area contributed by atoms with Crippen LogP contribution in [0, 0.1) is 11.8 Å². The molecule has 3 fully saturated rings. The maximum Gasteiger partial charge on any atom is 0.248 e. The zero-order valence-electron chi connectivity index (χ0n) is 27.4. The molecule has 3 amide bonds. The third kappa shape index (κ3) is 6.00.